The molecule has 0 saturated carbocycles. The second kappa shape index (κ2) is 9.35. The van der Waals surface area contributed by atoms with Gasteiger partial charge in [0, 0.05) is 23.6 Å². The molecule has 0 spiro atoms. The molecule has 2 bridgehead atoms. The van der Waals surface area contributed by atoms with Crippen molar-refractivity contribution in [2.24, 2.45) is 5.92 Å². The van der Waals surface area contributed by atoms with Crippen molar-refractivity contribution in [2.75, 3.05) is 0 Å². The fraction of sp³-hybridized carbons (Fsp3) is 0.481. The first kappa shape index (κ1) is 22.4. The van der Waals surface area contributed by atoms with E-state index in [4.69, 9.17) is 9.47 Å². The van der Waals surface area contributed by atoms with Gasteiger partial charge < -0.3 is 14.4 Å². The first-order chi connectivity index (χ1) is 15.3. The van der Waals surface area contributed by atoms with Gasteiger partial charge in [0.1, 0.15) is 18.0 Å². The van der Waals surface area contributed by atoms with Crippen LogP contribution in [0.2, 0.25) is 0 Å². The van der Waals surface area contributed by atoms with Crippen LogP contribution in [0.25, 0.3) is 0 Å². The summed E-state index contributed by atoms with van der Waals surface area (Å²) in [5.74, 6) is 0.876. The van der Waals surface area contributed by atoms with Crippen LogP contribution in [0.4, 0.5) is 4.79 Å². The van der Waals surface area contributed by atoms with E-state index < -0.39 is 0 Å². The monoisotopic (exact) mass is 435 g/mol. The fourth-order valence-corrected chi connectivity index (χ4v) is 4.96. The Morgan fingerprint density at radius 3 is 2.16 bits per heavy atom. The van der Waals surface area contributed by atoms with Gasteiger partial charge in [-0.15, -0.1) is 0 Å². The van der Waals surface area contributed by atoms with Crippen molar-refractivity contribution < 1.29 is 19.1 Å². The highest BCUT2D eigenvalue weighted by molar-refractivity contribution is 5.98. The molecule has 1 amide bonds. The topological polar surface area (TPSA) is 55.8 Å². The molecule has 170 valence electrons. The van der Waals surface area contributed by atoms with Gasteiger partial charge in [-0.05, 0) is 82.7 Å². The van der Waals surface area contributed by atoms with E-state index in [9.17, 15) is 9.59 Å². The molecule has 5 nitrogen and oxygen atoms in total. The molecule has 2 fully saturated rings. The Morgan fingerprint density at radius 1 is 0.938 bits per heavy atom. The van der Waals surface area contributed by atoms with Gasteiger partial charge in [0.2, 0.25) is 0 Å². The van der Waals surface area contributed by atoms with E-state index in [2.05, 4.69) is 0 Å². The summed E-state index contributed by atoms with van der Waals surface area (Å²) in [4.78, 5) is 28.0. The summed E-state index contributed by atoms with van der Waals surface area (Å²) >= 11 is 0. The van der Waals surface area contributed by atoms with Crippen molar-refractivity contribution in [3.8, 4) is 5.75 Å². The van der Waals surface area contributed by atoms with E-state index in [0.717, 1.165) is 36.1 Å². The molecule has 2 saturated heterocycles. The van der Waals surface area contributed by atoms with Gasteiger partial charge in [0.25, 0.3) is 0 Å². The highest BCUT2D eigenvalue weighted by Crippen LogP contribution is 2.39. The number of nitrogens with zero attached hydrogens (tertiary/aromatic N) is 1. The summed E-state index contributed by atoms with van der Waals surface area (Å²) in [5.41, 5.74) is 1.43. The molecule has 2 aromatic carbocycles. The maximum absolute atomic E-state index is 13.2. The third-order valence-electron chi connectivity index (χ3n) is 6.32. The number of amides is 1. The number of hydrogen-bond acceptors (Lipinski definition) is 4. The number of ketones is 1. The largest absolute Gasteiger partial charge is 0.488 e. The molecule has 32 heavy (non-hydrogen) atoms. The molecule has 0 radical (unpaired) electrons. The molecule has 2 unspecified atom stereocenters. The lowest BCUT2D eigenvalue weighted by Gasteiger charge is -2.47. The van der Waals surface area contributed by atoms with Gasteiger partial charge in [0.05, 0.1) is 0 Å². The standard InChI is InChI=1S/C27H33NO4/c1-27(2,3)32-24-14-12-20(13-15-24)25(29)21-16-22-10-7-11-23(17-21)28(22)26(30)31-18-19-8-5-4-6-9-19/h4-6,8-9,12-15,21-23H,7,10-11,16-18H2,1-3H3. The molecular formula is C27H33NO4. The fourth-order valence-electron chi connectivity index (χ4n) is 4.96. The molecule has 2 aliphatic heterocycles. The minimum atomic E-state index is -0.273. The van der Waals surface area contributed by atoms with Crippen molar-refractivity contribution in [3.05, 3.63) is 65.7 Å². The summed E-state index contributed by atoms with van der Waals surface area (Å²) in [5, 5.41) is 0. The Morgan fingerprint density at radius 2 is 1.56 bits per heavy atom. The van der Waals surface area contributed by atoms with E-state index in [1.165, 1.54) is 0 Å². The molecule has 0 N–H and O–H groups in total. The van der Waals surface area contributed by atoms with Crippen LogP contribution in [0.5, 0.6) is 5.75 Å². The van der Waals surface area contributed by atoms with Gasteiger partial charge in [0.15, 0.2) is 5.78 Å². The second-order valence-corrected chi connectivity index (χ2v) is 9.96. The number of hydrogen-bond donors (Lipinski definition) is 0. The zero-order valence-electron chi connectivity index (χ0n) is 19.3. The van der Waals surface area contributed by atoms with Crippen LogP contribution in [0.3, 0.4) is 0 Å². The lowest BCUT2D eigenvalue weighted by Crippen LogP contribution is -2.55. The van der Waals surface area contributed by atoms with Crippen molar-refractivity contribution in [2.45, 2.75) is 77.2 Å². The molecule has 2 atom stereocenters. The molecule has 0 aromatic heterocycles. The summed E-state index contributed by atoms with van der Waals surface area (Å²) in [6, 6.07) is 17.3. The Balaban J connectivity index is 1.39. The quantitative estimate of drug-likeness (QED) is 0.539. The smallest absolute Gasteiger partial charge is 0.410 e. The van der Waals surface area contributed by atoms with E-state index >= 15 is 0 Å². The summed E-state index contributed by atoms with van der Waals surface area (Å²) < 4.78 is 11.5. The predicted molar refractivity (Wildman–Crippen MR) is 124 cm³/mol. The minimum absolute atomic E-state index is 0.0575. The zero-order valence-corrected chi connectivity index (χ0v) is 19.3. The van der Waals surface area contributed by atoms with E-state index in [1.54, 1.807) is 0 Å². The third-order valence-corrected chi connectivity index (χ3v) is 6.32. The maximum Gasteiger partial charge on any atom is 0.410 e. The number of rotatable bonds is 5. The van der Waals surface area contributed by atoms with Gasteiger partial charge in [-0.1, -0.05) is 30.3 Å². The summed E-state index contributed by atoms with van der Waals surface area (Å²) in [6.45, 7) is 6.29. The van der Waals surface area contributed by atoms with Crippen LogP contribution < -0.4 is 4.74 Å². The van der Waals surface area contributed by atoms with Crippen LogP contribution in [-0.4, -0.2) is 34.5 Å². The average molecular weight is 436 g/mol. The Kier molecular flexibility index (Phi) is 6.54. The molecule has 5 heteroatoms. The number of Topliss-reactive ketones (excluding diaryl/α,β-unsaturated/α-hetero) is 1. The highest BCUT2D eigenvalue weighted by atomic mass is 16.6. The van der Waals surface area contributed by atoms with E-state index in [0.29, 0.717) is 12.8 Å². The maximum atomic E-state index is 13.2. The Hall–Kier alpha value is -2.82. The zero-order chi connectivity index (χ0) is 22.7. The van der Waals surface area contributed by atoms with Crippen LogP contribution in [0.15, 0.2) is 54.6 Å². The van der Waals surface area contributed by atoms with E-state index in [-0.39, 0.29) is 42.1 Å². The molecular weight excluding hydrogens is 402 g/mol. The lowest BCUT2D eigenvalue weighted by atomic mass is 9.76. The molecule has 2 heterocycles. The van der Waals surface area contributed by atoms with Gasteiger partial charge in [-0.3, -0.25) is 4.79 Å². The van der Waals surface area contributed by atoms with Crippen LogP contribution in [0.1, 0.15) is 68.8 Å². The van der Waals surface area contributed by atoms with Crippen molar-refractivity contribution in [1.82, 2.24) is 4.90 Å². The number of benzene rings is 2. The summed E-state index contributed by atoms with van der Waals surface area (Å²) in [6.07, 6.45) is 4.11. The van der Waals surface area contributed by atoms with Crippen molar-refractivity contribution >= 4 is 11.9 Å². The highest BCUT2D eigenvalue weighted by Gasteiger charge is 2.43. The van der Waals surface area contributed by atoms with Gasteiger partial charge in [-0.25, -0.2) is 4.79 Å². The van der Waals surface area contributed by atoms with Gasteiger partial charge in [-0.2, -0.15) is 0 Å². The number of fused-ring (bicyclic) bond motifs is 2. The molecule has 2 aliphatic rings. The molecule has 2 aromatic rings. The van der Waals surface area contributed by atoms with Crippen LogP contribution >= 0.6 is 0 Å². The van der Waals surface area contributed by atoms with Crippen molar-refractivity contribution in [3.63, 3.8) is 0 Å². The first-order valence-corrected chi connectivity index (χ1v) is 11.6. The van der Waals surface area contributed by atoms with Crippen LogP contribution in [0, 0.1) is 5.92 Å². The first-order valence-electron chi connectivity index (χ1n) is 11.6. The van der Waals surface area contributed by atoms with E-state index in [1.807, 2.05) is 80.3 Å². The second-order valence-electron chi connectivity index (χ2n) is 9.96. The predicted octanol–water partition coefficient (Wildman–Crippen LogP) is 6.02. The normalized spacial score (nSPS) is 22.8. The lowest BCUT2D eigenvalue weighted by molar-refractivity contribution is 0.00472. The third kappa shape index (κ3) is 5.32. The Labute approximate surface area is 190 Å². The average Bonchev–Trinajstić information content (AvgIpc) is 2.76. The van der Waals surface area contributed by atoms with Crippen molar-refractivity contribution in [1.29, 1.82) is 0 Å². The van der Waals surface area contributed by atoms with Gasteiger partial charge >= 0.3 is 6.09 Å². The van der Waals surface area contributed by atoms with Crippen LogP contribution in [-0.2, 0) is 11.3 Å². The number of carbonyl (C=O) groups excluding carboxylic acids is 2. The number of ether oxygens (including phenoxy) is 2. The number of piperidine rings is 2. The SMILES string of the molecule is CC(C)(C)Oc1ccc(C(=O)C2CC3CCCC(C2)N3C(=O)OCc2ccccc2)cc1. The Bertz CT molecular complexity index is 918. The molecule has 4 rings (SSSR count). The number of carbonyl (C=O) groups is 2. The minimum Gasteiger partial charge on any atom is -0.488 e. The molecule has 0 aliphatic carbocycles. The summed E-state index contributed by atoms with van der Waals surface area (Å²) in [7, 11) is 0.